The van der Waals surface area contributed by atoms with Crippen LogP contribution >= 0.6 is 11.6 Å². The predicted molar refractivity (Wildman–Crippen MR) is 58.7 cm³/mol. The largest absolute Gasteiger partial charge is 0.244 e. The summed E-state index contributed by atoms with van der Waals surface area (Å²) in [6.07, 6.45) is 3.12. The Balaban J connectivity index is 2.61. The van der Waals surface area contributed by atoms with Crippen LogP contribution in [0.1, 0.15) is 0 Å². The molecule has 3 aromatic heterocycles. The highest BCUT2D eigenvalue weighted by Crippen LogP contribution is 2.16. The van der Waals surface area contributed by atoms with Crippen LogP contribution in [0.3, 0.4) is 0 Å². The Kier molecular flexibility index (Phi) is 1.70. The number of fused-ring (bicyclic) bond motifs is 3. The van der Waals surface area contributed by atoms with Gasteiger partial charge in [0.2, 0.25) is 0 Å². The van der Waals surface area contributed by atoms with Gasteiger partial charge in [-0.15, -0.1) is 0 Å². The fourth-order valence-corrected chi connectivity index (χ4v) is 1.72. The van der Waals surface area contributed by atoms with E-state index in [1.54, 1.807) is 16.8 Å². The van der Waals surface area contributed by atoms with E-state index in [2.05, 4.69) is 15.1 Å². The third-order valence-corrected chi connectivity index (χ3v) is 2.43. The number of rotatable bonds is 0. The molecule has 0 aliphatic heterocycles. The zero-order valence-electron chi connectivity index (χ0n) is 7.55. The topological polar surface area (TPSA) is 43.1 Å². The van der Waals surface area contributed by atoms with E-state index in [0.29, 0.717) is 16.3 Å². The Morgan fingerprint density at radius 3 is 3.00 bits per heavy atom. The molecule has 0 unspecified atom stereocenters. The summed E-state index contributed by atoms with van der Waals surface area (Å²) in [4.78, 5) is 8.05. The first kappa shape index (κ1) is 8.67. The van der Waals surface area contributed by atoms with Gasteiger partial charge in [0.15, 0.2) is 0 Å². The molecule has 0 atom stereocenters. The predicted octanol–water partition coefficient (Wildman–Crippen LogP) is 0.725. The van der Waals surface area contributed by atoms with Gasteiger partial charge in [0, 0.05) is 17.6 Å². The van der Waals surface area contributed by atoms with Crippen molar-refractivity contribution in [3.05, 3.63) is 29.8 Å². The van der Waals surface area contributed by atoms with E-state index in [0.717, 1.165) is 10.9 Å². The number of halogens is 1. The summed E-state index contributed by atoms with van der Waals surface area (Å²) in [5, 5.41) is 5.39. The van der Waals surface area contributed by atoms with Gasteiger partial charge >= 0.3 is 0 Å². The smallest absolute Gasteiger partial charge is 0.148 e. The second-order valence-corrected chi connectivity index (χ2v) is 3.55. The third kappa shape index (κ3) is 1.20. The van der Waals surface area contributed by atoms with E-state index in [4.69, 9.17) is 19.4 Å². The minimum Gasteiger partial charge on any atom is -0.244 e. The highest BCUT2D eigenvalue weighted by Gasteiger charge is 2.05. The minimum absolute atomic E-state index is 0.420. The molecule has 15 heavy (non-hydrogen) atoms. The van der Waals surface area contributed by atoms with E-state index in [1.807, 2.05) is 6.07 Å². The maximum Gasteiger partial charge on any atom is 0.148 e. The molecule has 6 heteroatoms. The summed E-state index contributed by atoms with van der Waals surface area (Å²) in [6.45, 7) is 0. The van der Waals surface area contributed by atoms with E-state index in [9.17, 15) is 0 Å². The lowest BCUT2D eigenvalue weighted by Gasteiger charge is -2.03. The summed E-state index contributed by atoms with van der Waals surface area (Å²) in [5.74, 6) is 0. The molecule has 2 radical (unpaired) electrons. The summed E-state index contributed by atoms with van der Waals surface area (Å²) >= 11 is 5.82. The van der Waals surface area contributed by atoms with Crippen molar-refractivity contribution in [3.63, 3.8) is 0 Å². The van der Waals surface area contributed by atoms with Crippen molar-refractivity contribution >= 4 is 41.5 Å². The minimum atomic E-state index is 0.420. The van der Waals surface area contributed by atoms with Crippen molar-refractivity contribution in [3.8, 4) is 0 Å². The Hall–Kier alpha value is -1.62. The molecule has 0 saturated carbocycles. The first-order valence-electron chi connectivity index (χ1n) is 4.29. The Morgan fingerprint density at radius 1 is 1.27 bits per heavy atom. The van der Waals surface area contributed by atoms with Gasteiger partial charge in [-0.3, -0.25) is 0 Å². The van der Waals surface area contributed by atoms with Crippen molar-refractivity contribution in [2.75, 3.05) is 0 Å². The summed E-state index contributed by atoms with van der Waals surface area (Å²) < 4.78 is 1.65. The molecule has 0 saturated heterocycles. The van der Waals surface area contributed by atoms with Crippen LogP contribution < -0.4 is 5.46 Å². The molecule has 3 rings (SSSR count). The first-order chi connectivity index (χ1) is 7.25. The van der Waals surface area contributed by atoms with E-state index < -0.39 is 0 Å². The number of hydrogen-bond acceptors (Lipinski definition) is 3. The second-order valence-electron chi connectivity index (χ2n) is 3.16. The summed E-state index contributed by atoms with van der Waals surface area (Å²) in [7, 11) is 5.82. The summed E-state index contributed by atoms with van der Waals surface area (Å²) in [6, 6.07) is 3.54. The van der Waals surface area contributed by atoms with Gasteiger partial charge in [-0.25, -0.2) is 14.5 Å². The number of nitrogens with zero attached hydrogens (tertiary/aromatic N) is 4. The Bertz CT molecular complexity index is 664. The lowest BCUT2D eigenvalue weighted by Crippen LogP contribution is -2.09. The van der Waals surface area contributed by atoms with Crippen molar-refractivity contribution in [2.24, 2.45) is 0 Å². The lowest BCUT2D eigenvalue weighted by atomic mass is 9.96. The molecule has 0 aliphatic carbocycles. The molecule has 0 amide bonds. The van der Waals surface area contributed by atoms with Gasteiger partial charge in [0.1, 0.15) is 25.0 Å². The zero-order chi connectivity index (χ0) is 10.4. The highest BCUT2D eigenvalue weighted by molar-refractivity contribution is 6.37. The fourth-order valence-electron chi connectivity index (χ4n) is 1.57. The zero-order valence-corrected chi connectivity index (χ0v) is 8.31. The van der Waals surface area contributed by atoms with Crippen molar-refractivity contribution in [1.29, 1.82) is 0 Å². The molecule has 0 spiro atoms. The standard InChI is InChI=1S/C9H4BClN4/c10-6-1-5-3-12-8(11)2-7(5)15-9(6)13-4-14-15/h1-4H. The van der Waals surface area contributed by atoms with Crippen molar-refractivity contribution < 1.29 is 0 Å². The quantitative estimate of drug-likeness (QED) is 0.409. The molecular formula is C9H4BClN4. The van der Waals surface area contributed by atoms with Crippen LogP contribution in [0.5, 0.6) is 0 Å². The van der Waals surface area contributed by atoms with Gasteiger partial charge in [0.25, 0.3) is 0 Å². The first-order valence-corrected chi connectivity index (χ1v) is 4.67. The molecule has 0 N–H and O–H groups in total. The number of hydrogen-bond donors (Lipinski definition) is 0. The summed E-state index contributed by atoms with van der Waals surface area (Å²) in [5.41, 5.74) is 2.05. The van der Waals surface area contributed by atoms with Crippen LogP contribution in [0.2, 0.25) is 5.15 Å². The maximum atomic E-state index is 5.82. The normalized spacial score (nSPS) is 11.3. The van der Waals surface area contributed by atoms with Gasteiger partial charge < -0.3 is 0 Å². The van der Waals surface area contributed by atoms with E-state index >= 15 is 0 Å². The third-order valence-electron chi connectivity index (χ3n) is 2.22. The highest BCUT2D eigenvalue weighted by atomic mass is 35.5. The average Bonchev–Trinajstić information content (AvgIpc) is 2.69. The van der Waals surface area contributed by atoms with Crippen LogP contribution in [-0.2, 0) is 0 Å². The average molecular weight is 214 g/mol. The van der Waals surface area contributed by atoms with Crippen molar-refractivity contribution in [1.82, 2.24) is 19.6 Å². The number of pyridine rings is 2. The molecule has 0 aliphatic rings. The van der Waals surface area contributed by atoms with Gasteiger partial charge in [-0.2, -0.15) is 5.10 Å². The van der Waals surface area contributed by atoms with E-state index in [-0.39, 0.29) is 0 Å². The molecule has 3 heterocycles. The molecule has 0 bridgehead atoms. The van der Waals surface area contributed by atoms with Gasteiger partial charge in [-0.05, 0) is 0 Å². The number of aromatic nitrogens is 4. The molecule has 70 valence electrons. The molecule has 3 aromatic rings. The van der Waals surface area contributed by atoms with Crippen LogP contribution in [0.15, 0.2) is 24.7 Å². The molecule has 0 aromatic carbocycles. The Morgan fingerprint density at radius 2 is 2.13 bits per heavy atom. The van der Waals surface area contributed by atoms with Crippen LogP contribution in [0.4, 0.5) is 0 Å². The van der Waals surface area contributed by atoms with E-state index in [1.165, 1.54) is 6.33 Å². The van der Waals surface area contributed by atoms with Crippen LogP contribution in [0.25, 0.3) is 16.6 Å². The SMILES string of the molecule is [B]c1cc2cnc(Cl)cc2n2ncnc12. The molecule has 0 fully saturated rings. The molecule has 4 nitrogen and oxygen atoms in total. The Labute approximate surface area is 91.3 Å². The van der Waals surface area contributed by atoms with Gasteiger partial charge in [-0.1, -0.05) is 23.1 Å². The van der Waals surface area contributed by atoms with Crippen LogP contribution in [-0.4, -0.2) is 27.4 Å². The maximum absolute atomic E-state index is 5.82. The van der Waals surface area contributed by atoms with Crippen LogP contribution in [0, 0.1) is 0 Å². The second kappa shape index (κ2) is 2.94. The lowest BCUT2D eigenvalue weighted by molar-refractivity contribution is 1.00. The van der Waals surface area contributed by atoms with Gasteiger partial charge in [0.05, 0.1) is 5.52 Å². The van der Waals surface area contributed by atoms with Crippen molar-refractivity contribution in [2.45, 2.75) is 0 Å². The molecular weight excluding hydrogens is 210 g/mol. The monoisotopic (exact) mass is 214 g/mol. The fraction of sp³-hybridized carbons (Fsp3) is 0.